The van der Waals surface area contributed by atoms with Gasteiger partial charge in [0.15, 0.2) is 0 Å². The lowest BCUT2D eigenvalue weighted by Gasteiger charge is -2.29. The van der Waals surface area contributed by atoms with Crippen LogP contribution in [0.3, 0.4) is 0 Å². The third-order valence-corrected chi connectivity index (χ3v) is 3.69. The molecule has 2 atom stereocenters. The zero-order chi connectivity index (χ0) is 18.3. The van der Waals surface area contributed by atoms with Gasteiger partial charge in [-0.05, 0) is 31.0 Å². The highest BCUT2D eigenvalue weighted by molar-refractivity contribution is 5.85. The van der Waals surface area contributed by atoms with Crippen LogP contribution >= 0.6 is 0 Å². The maximum absolute atomic E-state index is 13.2. The van der Waals surface area contributed by atoms with Crippen molar-refractivity contribution in [3.8, 4) is 0 Å². The first kappa shape index (κ1) is 19.6. The zero-order valence-electron chi connectivity index (χ0n) is 14.1. The molecule has 0 bridgehead atoms. The summed E-state index contributed by atoms with van der Waals surface area (Å²) in [4.78, 5) is 36.0. The molecule has 132 valence electrons. The second-order valence-electron chi connectivity index (χ2n) is 5.76. The molecule has 1 rings (SSSR count). The SMILES string of the molecule is CC(=O)NCCN(C(=O)C(C)Cc1cccc(F)c1)C(C)C(=O)O. The van der Waals surface area contributed by atoms with Crippen LogP contribution < -0.4 is 5.32 Å². The van der Waals surface area contributed by atoms with Crippen LogP contribution in [0.5, 0.6) is 0 Å². The van der Waals surface area contributed by atoms with Gasteiger partial charge in [0.2, 0.25) is 11.8 Å². The number of carboxylic acids is 1. The first-order chi connectivity index (χ1) is 11.2. The summed E-state index contributed by atoms with van der Waals surface area (Å²) >= 11 is 0. The van der Waals surface area contributed by atoms with Crippen molar-refractivity contribution < 1.29 is 23.9 Å². The fraction of sp³-hybridized carbons (Fsp3) is 0.471. The Balaban J connectivity index is 2.80. The molecule has 0 aliphatic rings. The van der Waals surface area contributed by atoms with Crippen LogP contribution in [-0.4, -0.2) is 46.9 Å². The molecule has 0 radical (unpaired) electrons. The lowest BCUT2D eigenvalue weighted by molar-refractivity contribution is -0.151. The topological polar surface area (TPSA) is 86.7 Å². The number of hydrogen-bond donors (Lipinski definition) is 2. The van der Waals surface area contributed by atoms with E-state index in [1.807, 2.05) is 0 Å². The van der Waals surface area contributed by atoms with Crippen LogP contribution in [0.15, 0.2) is 24.3 Å². The molecule has 2 unspecified atom stereocenters. The Labute approximate surface area is 140 Å². The monoisotopic (exact) mass is 338 g/mol. The molecule has 0 saturated carbocycles. The molecular formula is C17H23FN2O4. The minimum atomic E-state index is -1.12. The molecule has 0 aliphatic carbocycles. The molecule has 0 aliphatic heterocycles. The summed E-state index contributed by atoms with van der Waals surface area (Å²) in [5.41, 5.74) is 0.667. The highest BCUT2D eigenvalue weighted by Gasteiger charge is 2.28. The van der Waals surface area contributed by atoms with E-state index in [0.29, 0.717) is 12.0 Å². The largest absolute Gasteiger partial charge is 0.480 e. The Morgan fingerprint density at radius 1 is 1.29 bits per heavy atom. The van der Waals surface area contributed by atoms with E-state index in [4.69, 9.17) is 0 Å². The normalized spacial score (nSPS) is 13.0. The van der Waals surface area contributed by atoms with Gasteiger partial charge >= 0.3 is 5.97 Å². The van der Waals surface area contributed by atoms with E-state index in [0.717, 1.165) is 0 Å². The summed E-state index contributed by atoms with van der Waals surface area (Å²) in [6, 6.07) is 4.95. The van der Waals surface area contributed by atoms with E-state index in [1.165, 1.54) is 30.9 Å². The van der Waals surface area contributed by atoms with Crippen LogP contribution in [0.1, 0.15) is 26.3 Å². The minimum Gasteiger partial charge on any atom is -0.480 e. The van der Waals surface area contributed by atoms with Crippen LogP contribution in [-0.2, 0) is 20.8 Å². The van der Waals surface area contributed by atoms with Crippen molar-refractivity contribution in [3.63, 3.8) is 0 Å². The van der Waals surface area contributed by atoms with Crippen LogP contribution in [0.2, 0.25) is 0 Å². The summed E-state index contributed by atoms with van der Waals surface area (Å²) < 4.78 is 13.2. The summed E-state index contributed by atoms with van der Waals surface area (Å²) in [5.74, 6) is -2.61. The molecule has 24 heavy (non-hydrogen) atoms. The average Bonchev–Trinajstić information content (AvgIpc) is 2.50. The predicted octanol–water partition coefficient (Wildman–Crippen LogP) is 1.44. The second-order valence-corrected chi connectivity index (χ2v) is 5.76. The number of nitrogens with zero attached hydrogens (tertiary/aromatic N) is 1. The maximum atomic E-state index is 13.2. The number of amides is 2. The predicted molar refractivity (Wildman–Crippen MR) is 86.8 cm³/mol. The molecule has 6 nitrogen and oxygen atoms in total. The highest BCUT2D eigenvalue weighted by Crippen LogP contribution is 2.14. The van der Waals surface area contributed by atoms with Gasteiger partial charge in [0.05, 0.1) is 0 Å². The van der Waals surface area contributed by atoms with Crippen molar-refractivity contribution in [2.45, 2.75) is 33.2 Å². The Bertz CT molecular complexity index is 606. The average molecular weight is 338 g/mol. The van der Waals surface area contributed by atoms with Gasteiger partial charge in [-0.15, -0.1) is 0 Å². The number of hydrogen-bond acceptors (Lipinski definition) is 3. The number of nitrogens with one attached hydrogen (secondary N) is 1. The Hall–Kier alpha value is -2.44. The summed E-state index contributed by atoms with van der Waals surface area (Å²) in [7, 11) is 0. The standard InChI is InChI=1S/C17H23FN2O4/c1-11(9-14-5-4-6-15(18)10-14)16(22)20(12(2)17(23)24)8-7-19-13(3)21/h4-6,10-12H,7-9H2,1-3H3,(H,19,21)(H,23,24). The van der Waals surface area contributed by atoms with E-state index < -0.39 is 17.9 Å². The molecular weight excluding hydrogens is 315 g/mol. The number of halogens is 1. The smallest absolute Gasteiger partial charge is 0.326 e. The molecule has 0 heterocycles. The molecule has 0 saturated heterocycles. The summed E-state index contributed by atoms with van der Waals surface area (Å²) in [6.45, 7) is 4.71. The van der Waals surface area contributed by atoms with Crippen molar-refractivity contribution in [1.82, 2.24) is 10.2 Å². The van der Waals surface area contributed by atoms with E-state index in [-0.39, 0.29) is 30.7 Å². The van der Waals surface area contributed by atoms with Crippen LogP contribution in [0, 0.1) is 11.7 Å². The van der Waals surface area contributed by atoms with Crippen molar-refractivity contribution >= 4 is 17.8 Å². The number of benzene rings is 1. The van der Waals surface area contributed by atoms with Gasteiger partial charge in [-0.25, -0.2) is 9.18 Å². The number of carbonyl (C=O) groups excluding carboxylic acids is 2. The van der Waals surface area contributed by atoms with Gasteiger partial charge < -0.3 is 15.3 Å². The van der Waals surface area contributed by atoms with Crippen LogP contribution in [0.4, 0.5) is 4.39 Å². The van der Waals surface area contributed by atoms with E-state index in [1.54, 1.807) is 19.1 Å². The Kier molecular flexibility index (Phi) is 7.35. The van der Waals surface area contributed by atoms with Gasteiger partial charge in [0.25, 0.3) is 0 Å². The summed E-state index contributed by atoms with van der Waals surface area (Å²) in [6.07, 6.45) is 0.305. The van der Waals surface area contributed by atoms with Crippen molar-refractivity contribution in [2.24, 2.45) is 5.92 Å². The van der Waals surface area contributed by atoms with E-state index >= 15 is 0 Å². The Morgan fingerprint density at radius 3 is 2.50 bits per heavy atom. The number of aliphatic carboxylic acids is 1. The molecule has 0 aromatic heterocycles. The van der Waals surface area contributed by atoms with Crippen LogP contribution in [0.25, 0.3) is 0 Å². The maximum Gasteiger partial charge on any atom is 0.326 e. The minimum absolute atomic E-state index is 0.0966. The molecule has 2 N–H and O–H groups in total. The molecule has 2 amide bonds. The highest BCUT2D eigenvalue weighted by atomic mass is 19.1. The number of carbonyl (C=O) groups is 3. The van der Waals surface area contributed by atoms with Gasteiger partial charge in [0, 0.05) is 25.9 Å². The molecule has 7 heteroatoms. The van der Waals surface area contributed by atoms with E-state index in [2.05, 4.69) is 5.32 Å². The lowest BCUT2D eigenvalue weighted by Crippen LogP contribution is -2.48. The first-order valence-electron chi connectivity index (χ1n) is 7.74. The third-order valence-electron chi connectivity index (χ3n) is 3.69. The fourth-order valence-electron chi connectivity index (χ4n) is 2.37. The Morgan fingerprint density at radius 2 is 1.96 bits per heavy atom. The van der Waals surface area contributed by atoms with Crippen molar-refractivity contribution in [2.75, 3.05) is 13.1 Å². The first-order valence-corrected chi connectivity index (χ1v) is 7.74. The van der Waals surface area contributed by atoms with Gasteiger partial charge in [-0.1, -0.05) is 19.1 Å². The van der Waals surface area contributed by atoms with Crippen molar-refractivity contribution in [1.29, 1.82) is 0 Å². The molecule has 1 aromatic carbocycles. The third kappa shape index (κ3) is 5.98. The van der Waals surface area contributed by atoms with Gasteiger partial charge in [-0.2, -0.15) is 0 Å². The van der Waals surface area contributed by atoms with Gasteiger partial charge in [0.1, 0.15) is 11.9 Å². The second kappa shape index (κ2) is 9.00. The zero-order valence-corrected chi connectivity index (χ0v) is 14.1. The quantitative estimate of drug-likeness (QED) is 0.751. The molecule has 0 spiro atoms. The lowest BCUT2D eigenvalue weighted by atomic mass is 9.99. The molecule has 0 fully saturated rings. The molecule has 1 aromatic rings. The van der Waals surface area contributed by atoms with Gasteiger partial charge in [-0.3, -0.25) is 9.59 Å². The summed E-state index contributed by atoms with van der Waals surface area (Å²) in [5, 5.41) is 11.7. The van der Waals surface area contributed by atoms with Crippen molar-refractivity contribution in [3.05, 3.63) is 35.6 Å². The number of rotatable bonds is 8. The number of carboxylic acid groups (broad SMARTS) is 1. The fourth-order valence-corrected chi connectivity index (χ4v) is 2.37. The van der Waals surface area contributed by atoms with E-state index in [9.17, 15) is 23.9 Å².